The maximum atomic E-state index is 13.3. The predicted octanol–water partition coefficient (Wildman–Crippen LogP) is 4.03. The zero-order chi connectivity index (χ0) is 21.8. The van der Waals surface area contributed by atoms with Crippen molar-refractivity contribution in [2.75, 3.05) is 37.6 Å². The third kappa shape index (κ3) is 4.08. The summed E-state index contributed by atoms with van der Waals surface area (Å²) in [5, 5.41) is 0. The smallest absolute Gasteiger partial charge is 0.340 e. The van der Waals surface area contributed by atoms with Crippen LogP contribution in [0.5, 0.6) is 5.75 Å². The molecule has 0 spiro atoms. The number of ether oxygens (including phenoxy) is 2. The summed E-state index contributed by atoms with van der Waals surface area (Å²) in [6.45, 7) is 3.73. The average molecular weight is 406 g/mol. The lowest BCUT2D eigenvalue weighted by Crippen LogP contribution is -2.24. The molecule has 0 saturated carbocycles. The summed E-state index contributed by atoms with van der Waals surface area (Å²) < 4.78 is 10.4. The zero-order valence-electron chi connectivity index (χ0n) is 17.9. The summed E-state index contributed by atoms with van der Waals surface area (Å²) in [5.74, 6) is -0.0812. The van der Waals surface area contributed by atoms with Crippen molar-refractivity contribution < 1.29 is 19.1 Å². The van der Waals surface area contributed by atoms with E-state index >= 15 is 0 Å². The molecular formula is C24H26N2O4. The van der Waals surface area contributed by atoms with Gasteiger partial charge in [-0.3, -0.25) is 9.69 Å². The van der Waals surface area contributed by atoms with Crippen LogP contribution in [0.3, 0.4) is 0 Å². The molecule has 0 saturated heterocycles. The number of benzene rings is 2. The molecule has 2 aromatic carbocycles. The van der Waals surface area contributed by atoms with Crippen LogP contribution in [0.15, 0.2) is 65.4 Å². The van der Waals surface area contributed by atoms with Crippen LogP contribution in [0.4, 0.5) is 11.4 Å². The zero-order valence-corrected chi connectivity index (χ0v) is 17.9. The van der Waals surface area contributed by atoms with Gasteiger partial charge in [-0.1, -0.05) is 12.1 Å². The first-order valence-corrected chi connectivity index (χ1v) is 9.73. The fourth-order valence-corrected chi connectivity index (χ4v) is 3.36. The summed E-state index contributed by atoms with van der Waals surface area (Å²) in [4.78, 5) is 29.6. The molecule has 3 rings (SSSR count). The number of methoxy groups -OCH3 is 1. The number of allylic oxidation sites excluding steroid dienone is 1. The van der Waals surface area contributed by atoms with Crippen molar-refractivity contribution >= 4 is 29.3 Å². The third-order valence-corrected chi connectivity index (χ3v) is 4.93. The summed E-state index contributed by atoms with van der Waals surface area (Å²) in [7, 11) is 5.51. The Morgan fingerprint density at radius 1 is 1.07 bits per heavy atom. The van der Waals surface area contributed by atoms with Gasteiger partial charge in [-0.15, -0.1) is 0 Å². The lowest BCUT2D eigenvalue weighted by atomic mass is 10.0. The van der Waals surface area contributed by atoms with Gasteiger partial charge in [0, 0.05) is 31.2 Å². The first kappa shape index (κ1) is 21.2. The number of esters is 1. The van der Waals surface area contributed by atoms with Crippen LogP contribution in [-0.2, 0) is 14.3 Å². The van der Waals surface area contributed by atoms with Gasteiger partial charge in [0.05, 0.1) is 24.9 Å². The minimum atomic E-state index is -0.504. The first-order chi connectivity index (χ1) is 14.4. The van der Waals surface area contributed by atoms with Gasteiger partial charge in [-0.25, -0.2) is 4.79 Å². The van der Waals surface area contributed by atoms with Gasteiger partial charge in [0.1, 0.15) is 5.75 Å². The Bertz CT molecular complexity index is 1000. The lowest BCUT2D eigenvalue weighted by molar-refractivity contribution is -0.138. The van der Waals surface area contributed by atoms with Gasteiger partial charge in [0.15, 0.2) is 0 Å². The molecule has 1 aliphatic rings. The van der Waals surface area contributed by atoms with E-state index in [1.54, 1.807) is 51.3 Å². The molecule has 0 fully saturated rings. The van der Waals surface area contributed by atoms with E-state index in [9.17, 15) is 9.59 Å². The monoisotopic (exact) mass is 406 g/mol. The lowest BCUT2D eigenvalue weighted by Gasteiger charge is -2.18. The van der Waals surface area contributed by atoms with Crippen molar-refractivity contribution in [3.8, 4) is 5.75 Å². The van der Waals surface area contributed by atoms with Crippen LogP contribution in [0.25, 0.3) is 6.08 Å². The fraction of sp³-hybridized carbons (Fsp3) is 0.250. The van der Waals surface area contributed by atoms with Gasteiger partial charge in [-0.05, 0) is 61.9 Å². The molecule has 0 atom stereocenters. The third-order valence-electron chi connectivity index (χ3n) is 4.93. The van der Waals surface area contributed by atoms with Crippen molar-refractivity contribution in [2.24, 2.45) is 0 Å². The number of nitrogens with zero attached hydrogens (tertiary/aromatic N) is 2. The molecule has 2 aromatic rings. The van der Waals surface area contributed by atoms with Crippen molar-refractivity contribution in [3.05, 3.63) is 70.9 Å². The van der Waals surface area contributed by atoms with E-state index in [1.165, 1.54) is 4.90 Å². The number of hydrogen-bond donors (Lipinski definition) is 0. The molecule has 0 unspecified atom stereocenters. The van der Waals surface area contributed by atoms with E-state index < -0.39 is 5.97 Å². The summed E-state index contributed by atoms with van der Waals surface area (Å²) in [5.41, 5.74) is 3.68. The van der Waals surface area contributed by atoms with E-state index in [0.717, 1.165) is 11.3 Å². The number of rotatable bonds is 6. The van der Waals surface area contributed by atoms with E-state index in [4.69, 9.17) is 9.47 Å². The Morgan fingerprint density at radius 3 is 2.23 bits per heavy atom. The van der Waals surface area contributed by atoms with Crippen LogP contribution in [-0.4, -0.2) is 39.7 Å². The highest BCUT2D eigenvalue weighted by atomic mass is 16.5. The molecule has 0 N–H and O–H groups in total. The molecule has 0 bridgehead atoms. The number of carbonyl (C=O) groups is 2. The van der Waals surface area contributed by atoms with E-state index in [-0.39, 0.29) is 18.1 Å². The van der Waals surface area contributed by atoms with E-state index in [0.29, 0.717) is 22.7 Å². The molecule has 156 valence electrons. The second kappa shape index (κ2) is 8.86. The van der Waals surface area contributed by atoms with Gasteiger partial charge in [0.25, 0.3) is 5.91 Å². The molecule has 6 nitrogen and oxygen atoms in total. The van der Waals surface area contributed by atoms with Crippen LogP contribution in [0.1, 0.15) is 19.4 Å². The molecule has 0 radical (unpaired) electrons. The Hall–Kier alpha value is -3.54. The molecule has 1 amide bonds. The predicted molar refractivity (Wildman–Crippen MR) is 119 cm³/mol. The number of anilines is 2. The first-order valence-electron chi connectivity index (χ1n) is 9.73. The minimum absolute atomic E-state index is 0.233. The highest BCUT2D eigenvalue weighted by molar-refractivity contribution is 6.23. The van der Waals surface area contributed by atoms with Crippen LogP contribution in [0.2, 0.25) is 0 Å². The van der Waals surface area contributed by atoms with Crippen molar-refractivity contribution in [1.29, 1.82) is 0 Å². The largest absolute Gasteiger partial charge is 0.497 e. The molecule has 0 aromatic heterocycles. The van der Waals surface area contributed by atoms with Gasteiger partial charge in [0.2, 0.25) is 0 Å². The summed E-state index contributed by atoms with van der Waals surface area (Å²) >= 11 is 0. The van der Waals surface area contributed by atoms with Crippen LogP contribution < -0.4 is 14.5 Å². The van der Waals surface area contributed by atoms with Crippen molar-refractivity contribution in [3.63, 3.8) is 0 Å². The Labute approximate surface area is 177 Å². The van der Waals surface area contributed by atoms with E-state index in [1.807, 2.05) is 43.3 Å². The molecule has 1 heterocycles. The SMILES string of the molecule is CCOC(=O)C1=C(C)N(c2ccc(OC)cc2)C(=O)/C1=C\c1ccc(N(C)C)cc1. The summed E-state index contributed by atoms with van der Waals surface area (Å²) in [6, 6.07) is 14.9. The molecule has 1 aliphatic heterocycles. The van der Waals surface area contributed by atoms with Crippen LogP contribution >= 0.6 is 0 Å². The maximum Gasteiger partial charge on any atom is 0.340 e. The molecular weight excluding hydrogens is 380 g/mol. The van der Waals surface area contributed by atoms with Gasteiger partial charge < -0.3 is 14.4 Å². The quantitative estimate of drug-likeness (QED) is 0.536. The normalized spacial score (nSPS) is 15.0. The Balaban J connectivity index is 2.06. The number of carbonyl (C=O) groups excluding carboxylic acids is 2. The van der Waals surface area contributed by atoms with Gasteiger partial charge >= 0.3 is 5.97 Å². The molecule has 30 heavy (non-hydrogen) atoms. The topological polar surface area (TPSA) is 59.1 Å². The second-order valence-electron chi connectivity index (χ2n) is 7.06. The Kier molecular flexibility index (Phi) is 6.26. The second-order valence-corrected chi connectivity index (χ2v) is 7.06. The summed E-state index contributed by atoms with van der Waals surface area (Å²) in [6.07, 6.45) is 1.74. The van der Waals surface area contributed by atoms with Crippen molar-refractivity contribution in [1.82, 2.24) is 0 Å². The van der Waals surface area contributed by atoms with E-state index in [2.05, 4.69) is 0 Å². The highest BCUT2D eigenvalue weighted by Crippen LogP contribution is 2.36. The standard InChI is InChI=1S/C24H26N2O4/c1-6-30-24(28)22-16(2)26(19-11-13-20(29-5)14-12-19)23(27)21(22)15-17-7-9-18(10-8-17)25(3)4/h7-15H,6H2,1-5H3/b21-15-. The Morgan fingerprint density at radius 2 is 1.70 bits per heavy atom. The van der Waals surface area contributed by atoms with Crippen molar-refractivity contribution in [2.45, 2.75) is 13.8 Å². The fourth-order valence-electron chi connectivity index (χ4n) is 3.36. The molecule has 0 aliphatic carbocycles. The average Bonchev–Trinajstić information content (AvgIpc) is 2.98. The van der Waals surface area contributed by atoms with Gasteiger partial charge in [-0.2, -0.15) is 0 Å². The maximum absolute atomic E-state index is 13.3. The highest BCUT2D eigenvalue weighted by Gasteiger charge is 2.38. The number of hydrogen-bond acceptors (Lipinski definition) is 5. The molecule has 6 heteroatoms. The number of amides is 1. The minimum Gasteiger partial charge on any atom is -0.497 e. The van der Waals surface area contributed by atoms with Crippen LogP contribution in [0, 0.1) is 0 Å².